The van der Waals surface area contributed by atoms with Crippen molar-refractivity contribution in [1.82, 2.24) is 10.2 Å². The first-order valence-corrected chi connectivity index (χ1v) is 9.94. The summed E-state index contributed by atoms with van der Waals surface area (Å²) >= 11 is 1.40. The van der Waals surface area contributed by atoms with Crippen molar-refractivity contribution in [2.45, 2.75) is 19.3 Å². The second-order valence-electron chi connectivity index (χ2n) is 6.64. The summed E-state index contributed by atoms with van der Waals surface area (Å²) in [5.74, 6) is 0.599. The number of carbonyl (C=O) groups excluding carboxylic acids is 2. The molecule has 146 valence electrons. The number of thiophene rings is 1. The van der Waals surface area contributed by atoms with E-state index in [0.29, 0.717) is 22.0 Å². The van der Waals surface area contributed by atoms with Crippen LogP contribution in [0.25, 0.3) is 0 Å². The molecule has 1 aliphatic rings. The van der Waals surface area contributed by atoms with Crippen molar-refractivity contribution in [3.05, 3.63) is 52.2 Å². The number of hydrogen-bond acceptors (Lipinski definition) is 4. The van der Waals surface area contributed by atoms with Gasteiger partial charge < -0.3 is 15.5 Å². The molecule has 1 saturated heterocycles. The van der Waals surface area contributed by atoms with Crippen molar-refractivity contribution in [1.29, 1.82) is 0 Å². The van der Waals surface area contributed by atoms with Gasteiger partial charge in [-0.05, 0) is 68.4 Å². The van der Waals surface area contributed by atoms with Crippen molar-refractivity contribution in [2.24, 2.45) is 5.92 Å². The normalized spacial score (nSPS) is 14.5. The Bertz CT molecular complexity index is 743. The zero-order valence-corrected chi connectivity index (χ0v) is 17.1. The van der Waals surface area contributed by atoms with E-state index in [9.17, 15) is 9.59 Å². The number of benzene rings is 1. The number of rotatable bonds is 6. The van der Waals surface area contributed by atoms with Crippen molar-refractivity contribution >= 4 is 41.2 Å². The number of halogens is 1. The number of nitrogens with one attached hydrogen (secondary N) is 2. The Labute approximate surface area is 170 Å². The van der Waals surface area contributed by atoms with Crippen LogP contribution in [-0.4, -0.2) is 43.4 Å². The average molecular weight is 408 g/mol. The third kappa shape index (κ3) is 5.79. The molecule has 3 rings (SSSR count). The lowest BCUT2D eigenvalue weighted by Gasteiger charge is -2.32. The van der Waals surface area contributed by atoms with Crippen LogP contribution in [0.3, 0.4) is 0 Å². The van der Waals surface area contributed by atoms with E-state index in [2.05, 4.69) is 10.6 Å². The van der Waals surface area contributed by atoms with Crippen LogP contribution < -0.4 is 10.6 Å². The molecule has 2 N–H and O–H groups in total. The molecular weight excluding hydrogens is 382 g/mol. The molecule has 1 fully saturated rings. The van der Waals surface area contributed by atoms with Crippen molar-refractivity contribution in [2.75, 3.05) is 32.0 Å². The summed E-state index contributed by atoms with van der Waals surface area (Å²) in [6, 6.07) is 10.8. The van der Waals surface area contributed by atoms with Crippen LogP contribution in [0.4, 0.5) is 5.69 Å². The predicted molar refractivity (Wildman–Crippen MR) is 113 cm³/mol. The molecule has 0 aliphatic carbocycles. The molecule has 2 aromatic rings. The highest BCUT2D eigenvalue weighted by Gasteiger charge is 2.23. The molecular formula is C20H26ClN3O2S. The lowest BCUT2D eigenvalue weighted by Crippen LogP contribution is -2.39. The topological polar surface area (TPSA) is 61.4 Å². The van der Waals surface area contributed by atoms with Crippen LogP contribution in [-0.2, 0) is 0 Å². The summed E-state index contributed by atoms with van der Waals surface area (Å²) in [5.41, 5.74) is 1.28. The number of hydrogen-bond donors (Lipinski definition) is 2. The molecule has 2 heterocycles. The minimum absolute atomic E-state index is 0. The largest absolute Gasteiger partial charge is 0.339 e. The highest BCUT2D eigenvalue weighted by molar-refractivity contribution is 7.12. The minimum atomic E-state index is -0.144. The van der Waals surface area contributed by atoms with E-state index in [4.69, 9.17) is 0 Å². The van der Waals surface area contributed by atoms with E-state index in [1.165, 1.54) is 17.8 Å². The van der Waals surface area contributed by atoms with Crippen molar-refractivity contribution in [3.8, 4) is 0 Å². The van der Waals surface area contributed by atoms with Crippen LogP contribution in [0.2, 0.25) is 0 Å². The van der Waals surface area contributed by atoms with Gasteiger partial charge in [0.2, 0.25) is 0 Å². The summed E-state index contributed by atoms with van der Waals surface area (Å²) in [6.45, 7) is 2.64. The zero-order chi connectivity index (χ0) is 18.4. The second kappa shape index (κ2) is 10.4. The van der Waals surface area contributed by atoms with Crippen molar-refractivity contribution in [3.63, 3.8) is 0 Å². The molecule has 1 aliphatic heterocycles. The Kier molecular flexibility index (Phi) is 8.28. The number of likely N-dealkylation sites (tertiary alicyclic amines) is 1. The van der Waals surface area contributed by atoms with Gasteiger partial charge in [0.15, 0.2) is 0 Å². The van der Waals surface area contributed by atoms with Crippen LogP contribution >= 0.6 is 23.7 Å². The molecule has 1 aromatic heterocycles. The summed E-state index contributed by atoms with van der Waals surface area (Å²) in [4.78, 5) is 27.6. The minimum Gasteiger partial charge on any atom is -0.339 e. The molecule has 0 spiro atoms. The first-order chi connectivity index (χ1) is 12.7. The molecule has 0 saturated carbocycles. The maximum atomic E-state index is 12.8. The second-order valence-corrected chi connectivity index (χ2v) is 7.59. The summed E-state index contributed by atoms with van der Waals surface area (Å²) in [7, 11) is 1.98. The molecule has 1 aromatic carbocycles. The monoisotopic (exact) mass is 407 g/mol. The van der Waals surface area contributed by atoms with Crippen LogP contribution in [0.1, 0.15) is 39.3 Å². The van der Waals surface area contributed by atoms with E-state index < -0.39 is 0 Å². The van der Waals surface area contributed by atoms with Crippen LogP contribution in [0.15, 0.2) is 41.8 Å². The van der Waals surface area contributed by atoms with Gasteiger partial charge in [-0.1, -0.05) is 12.1 Å². The van der Waals surface area contributed by atoms with Crippen LogP contribution in [0.5, 0.6) is 0 Å². The highest BCUT2D eigenvalue weighted by Crippen LogP contribution is 2.22. The lowest BCUT2D eigenvalue weighted by molar-refractivity contribution is 0.0687. The Hall–Kier alpha value is -1.89. The Morgan fingerprint density at radius 2 is 1.96 bits per heavy atom. The standard InChI is InChI=1S/C20H25N3O2S.ClH/c1-21-10-7-15-8-11-23(12-9-15)20(25)16-4-2-5-17(14-16)22-19(24)18-6-3-13-26-18;/h2-6,13-15,21H,7-12H2,1H3,(H,22,24);1H. The fraction of sp³-hybridized carbons (Fsp3) is 0.400. The Morgan fingerprint density at radius 3 is 2.63 bits per heavy atom. The van der Waals surface area contributed by atoms with Crippen molar-refractivity contribution < 1.29 is 9.59 Å². The van der Waals surface area contributed by atoms with E-state index in [1.54, 1.807) is 12.1 Å². The molecule has 0 atom stereocenters. The molecule has 7 heteroatoms. The lowest BCUT2D eigenvalue weighted by atomic mass is 9.93. The third-order valence-electron chi connectivity index (χ3n) is 4.82. The van der Waals surface area contributed by atoms with E-state index in [1.807, 2.05) is 41.6 Å². The maximum absolute atomic E-state index is 12.8. The Morgan fingerprint density at radius 1 is 1.19 bits per heavy atom. The maximum Gasteiger partial charge on any atom is 0.265 e. The summed E-state index contributed by atoms with van der Waals surface area (Å²) < 4.78 is 0. The fourth-order valence-electron chi connectivity index (χ4n) is 3.29. The van der Waals surface area contributed by atoms with Gasteiger partial charge in [0.05, 0.1) is 4.88 Å². The Balaban J connectivity index is 0.00000261. The molecule has 0 radical (unpaired) electrons. The van der Waals surface area contributed by atoms with E-state index >= 15 is 0 Å². The van der Waals surface area contributed by atoms with E-state index in [0.717, 1.165) is 32.5 Å². The highest BCUT2D eigenvalue weighted by atomic mass is 35.5. The van der Waals surface area contributed by atoms with Gasteiger partial charge in [-0.25, -0.2) is 0 Å². The van der Waals surface area contributed by atoms with Gasteiger partial charge in [-0.15, -0.1) is 23.7 Å². The number of carbonyl (C=O) groups is 2. The quantitative estimate of drug-likeness (QED) is 0.763. The average Bonchev–Trinajstić information content (AvgIpc) is 3.21. The van der Waals surface area contributed by atoms with Gasteiger partial charge >= 0.3 is 0 Å². The smallest absolute Gasteiger partial charge is 0.265 e. The van der Waals surface area contributed by atoms with Gasteiger partial charge in [-0.2, -0.15) is 0 Å². The molecule has 27 heavy (non-hydrogen) atoms. The van der Waals surface area contributed by atoms with Gasteiger partial charge in [-0.3, -0.25) is 9.59 Å². The SMILES string of the molecule is CNCCC1CCN(C(=O)c2cccc(NC(=O)c3cccs3)c2)CC1.Cl. The number of amides is 2. The summed E-state index contributed by atoms with van der Waals surface area (Å²) in [6.07, 6.45) is 3.28. The van der Waals surface area contributed by atoms with Crippen LogP contribution in [0, 0.1) is 5.92 Å². The van der Waals surface area contributed by atoms with Gasteiger partial charge in [0, 0.05) is 24.3 Å². The molecule has 0 unspecified atom stereocenters. The molecule has 0 bridgehead atoms. The number of piperidine rings is 1. The molecule has 2 amide bonds. The zero-order valence-electron chi connectivity index (χ0n) is 15.4. The first kappa shape index (κ1) is 21.4. The third-order valence-corrected chi connectivity index (χ3v) is 5.69. The number of anilines is 1. The summed E-state index contributed by atoms with van der Waals surface area (Å²) in [5, 5.41) is 7.93. The molecule has 5 nitrogen and oxygen atoms in total. The number of nitrogens with zero attached hydrogens (tertiary/aromatic N) is 1. The van der Waals surface area contributed by atoms with Gasteiger partial charge in [0.25, 0.3) is 11.8 Å². The first-order valence-electron chi connectivity index (χ1n) is 9.06. The van der Waals surface area contributed by atoms with E-state index in [-0.39, 0.29) is 24.2 Å². The van der Waals surface area contributed by atoms with Gasteiger partial charge in [0.1, 0.15) is 0 Å². The fourth-order valence-corrected chi connectivity index (χ4v) is 3.91. The predicted octanol–water partition coefficient (Wildman–Crippen LogP) is 3.88.